The number of fused-ring (bicyclic) bond motifs is 1. The van der Waals surface area contributed by atoms with E-state index in [9.17, 15) is 4.79 Å². The number of halogens is 3. The molecule has 0 spiro atoms. The number of aliphatic imine (C=N–C) groups is 1. The van der Waals surface area contributed by atoms with Crippen molar-refractivity contribution in [3.63, 3.8) is 0 Å². The Bertz CT molecular complexity index is 1440. The van der Waals surface area contributed by atoms with Crippen molar-refractivity contribution in [3.05, 3.63) is 104 Å². The van der Waals surface area contributed by atoms with Gasteiger partial charge in [0.25, 0.3) is 5.91 Å². The minimum atomic E-state index is -0.197. The van der Waals surface area contributed by atoms with Crippen molar-refractivity contribution in [2.75, 3.05) is 0 Å². The summed E-state index contributed by atoms with van der Waals surface area (Å²) in [6, 6.07) is 20.8. The second-order valence-electron chi connectivity index (χ2n) is 7.36. The topological polar surface area (TPSA) is 46.4 Å². The Balaban J connectivity index is 1.51. The van der Waals surface area contributed by atoms with Gasteiger partial charge in [-0.05, 0) is 48.2 Å². The zero-order chi connectivity index (χ0) is 22.9. The average molecular weight is 513 g/mol. The molecule has 0 aliphatic carbocycles. The van der Waals surface area contributed by atoms with Gasteiger partial charge in [0.2, 0.25) is 0 Å². The molecule has 0 bridgehead atoms. The van der Waals surface area contributed by atoms with Gasteiger partial charge in [-0.25, -0.2) is 4.99 Å². The van der Waals surface area contributed by atoms with E-state index in [0.717, 1.165) is 22.0 Å². The Morgan fingerprint density at radius 2 is 1.61 bits per heavy atom. The maximum Gasteiger partial charge on any atom is 0.264 e. The Morgan fingerprint density at radius 3 is 2.39 bits per heavy atom. The van der Waals surface area contributed by atoms with Crippen molar-refractivity contribution in [2.24, 2.45) is 4.99 Å². The molecule has 0 atom stereocenters. The van der Waals surface area contributed by atoms with Crippen LogP contribution in [0.4, 0.5) is 5.69 Å². The highest BCUT2D eigenvalue weighted by Crippen LogP contribution is 2.33. The number of aromatic nitrogens is 1. The van der Waals surface area contributed by atoms with Gasteiger partial charge in [0.15, 0.2) is 5.17 Å². The fourth-order valence-corrected chi connectivity index (χ4v) is 5.17. The van der Waals surface area contributed by atoms with Crippen LogP contribution in [0.15, 0.2) is 82.8 Å². The monoisotopic (exact) mass is 511 g/mol. The molecule has 4 aromatic rings. The van der Waals surface area contributed by atoms with Crippen molar-refractivity contribution in [3.8, 4) is 0 Å². The molecular formula is C25H16Cl3N3OS. The van der Waals surface area contributed by atoms with E-state index < -0.39 is 0 Å². The van der Waals surface area contributed by atoms with Crippen molar-refractivity contribution in [1.29, 1.82) is 0 Å². The molecule has 1 N–H and O–H groups in total. The number of nitrogens with one attached hydrogen (secondary N) is 1. The largest absolute Gasteiger partial charge is 0.342 e. The van der Waals surface area contributed by atoms with E-state index in [0.29, 0.717) is 37.4 Å². The number of amides is 1. The third kappa shape index (κ3) is 4.55. The van der Waals surface area contributed by atoms with Gasteiger partial charge < -0.3 is 9.88 Å². The lowest BCUT2D eigenvalue weighted by atomic mass is 10.1. The predicted molar refractivity (Wildman–Crippen MR) is 140 cm³/mol. The van der Waals surface area contributed by atoms with Crippen LogP contribution in [-0.2, 0) is 11.3 Å². The van der Waals surface area contributed by atoms with Crippen LogP contribution in [0.25, 0.3) is 17.0 Å². The fourth-order valence-electron chi connectivity index (χ4n) is 3.65. The Hall–Kier alpha value is -2.70. The lowest BCUT2D eigenvalue weighted by Crippen LogP contribution is -2.19. The summed E-state index contributed by atoms with van der Waals surface area (Å²) in [7, 11) is 0. The molecule has 1 fully saturated rings. The molecule has 0 saturated carbocycles. The Kier molecular flexibility index (Phi) is 6.21. The summed E-state index contributed by atoms with van der Waals surface area (Å²) in [4.78, 5) is 17.7. The number of hydrogen-bond donors (Lipinski definition) is 1. The second-order valence-corrected chi connectivity index (χ2v) is 9.62. The van der Waals surface area contributed by atoms with E-state index in [1.54, 1.807) is 12.1 Å². The minimum absolute atomic E-state index is 0.197. The number of para-hydroxylation sites is 2. The maximum atomic E-state index is 12.6. The number of amidine groups is 1. The van der Waals surface area contributed by atoms with Crippen LogP contribution >= 0.6 is 46.6 Å². The zero-order valence-electron chi connectivity index (χ0n) is 17.1. The molecule has 164 valence electrons. The van der Waals surface area contributed by atoms with Gasteiger partial charge in [-0.1, -0.05) is 71.2 Å². The van der Waals surface area contributed by atoms with Crippen molar-refractivity contribution >= 4 is 80.3 Å². The summed E-state index contributed by atoms with van der Waals surface area (Å²) < 4.78 is 2.09. The van der Waals surface area contributed by atoms with Crippen LogP contribution in [0.1, 0.15) is 11.1 Å². The molecule has 1 aromatic heterocycles. The first-order valence-corrected chi connectivity index (χ1v) is 12.0. The minimum Gasteiger partial charge on any atom is -0.342 e. The normalized spacial score (nSPS) is 16.2. The van der Waals surface area contributed by atoms with Gasteiger partial charge >= 0.3 is 0 Å². The molecular weight excluding hydrogens is 497 g/mol. The lowest BCUT2D eigenvalue weighted by molar-refractivity contribution is -0.115. The molecule has 1 aliphatic rings. The average Bonchev–Trinajstić information content (AvgIpc) is 3.32. The quantitative estimate of drug-likeness (QED) is 0.287. The van der Waals surface area contributed by atoms with Gasteiger partial charge in [-0.15, -0.1) is 0 Å². The van der Waals surface area contributed by atoms with Crippen molar-refractivity contribution in [1.82, 2.24) is 9.88 Å². The molecule has 1 saturated heterocycles. The first kappa shape index (κ1) is 22.1. The summed E-state index contributed by atoms with van der Waals surface area (Å²) in [6.07, 6.45) is 3.89. The summed E-state index contributed by atoms with van der Waals surface area (Å²) in [6.45, 7) is 0.515. The summed E-state index contributed by atoms with van der Waals surface area (Å²) in [5.41, 5.74) is 3.40. The fraction of sp³-hybridized carbons (Fsp3) is 0.0400. The number of benzene rings is 3. The smallest absolute Gasteiger partial charge is 0.264 e. The number of hydrogen-bond acceptors (Lipinski definition) is 3. The first-order valence-electron chi connectivity index (χ1n) is 10.0. The predicted octanol–water partition coefficient (Wildman–Crippen LogP) is 7.54. The molecule has 1 amide bonds. The van der Waals surface area contributed by atoms with Gasteiger partial charge in [0, 0.05) is 38.3 Å². The molecule has 1 aliphatic heterocycles. The van der Waals surface area contributed by atoms with E-state index in [1.165, 1.54) is 11.8 Å². The highest BCUT2D eigenvalue weighted by Gasteiger charge is 2.25. The van der Waals surface area contributed by atoms with Gasteiger partial charge in [-0.3, -0.25) is 4.79 Å². The molecule has 3 aromatic carbocycles. The van der Waals surface area contributed by atoms with E-state index in [2.05, 4.69) is 14.9 Å². The molecule has 4 nitrogen and oxygen atoms in total. The molecule has 5 rings (SSSR count). The van der Waals surface area contributed by atoms with Crippen LogP contribution in [0.3, 0.4) is 0 Å². The highest BCUT2D eigenvalue weighted by atomic mass is 35.5. The lowest BCUT2D eigenvalue weighted by Gasteiger charge is -2.09. The van der Waals surface area contributed by atoms with Crippen LogP contribution in [-0.4, -0.2) is 15.6 Å². The van der Waals surface area contributed by atoms with Gasteiger partial charge in [-0.2, -0.15) is 0 Å². The number of nitrogens with zero attached hydrogens (tertiary/aromatic N) is 2. The standard InChI is InChI=1S/C25H16Cl3N3OS/c26-18-8-5-9-19(27)17(18)14-31-13-15(16-6-1-4-11-22(16)31)12-23-24(32)30-25(33-23)29-21-10-3-2-7-20(21)28/h1-13H,14H2,(H,29,30,32)/b23-12+. The van der Waals surface area contributed by atoms with Crippen molar-refractivity contribution in [2.45, 2.75) is 6.54 Å². The van der Waals surface area contributed by atoms with Crippen LogP contribution in [0, 0.1) is 0 Å². The maximum absolute atomic E-state index is 12.6. The molecule has 0 radical (unpaired) electrons. The molecule has 33 heavy (non-hydrogen) atoms. The van der Waals surface area contributed by atoms with Crippen LogP contribution in [0.2, 0.25) is 15.1 Å². The Labute approximate surface area is 209 Å². The SMILES string of the molecule is O=C1NC(=Nc2ccccc2Cl)S/C1=C/c1cn(Cc2c(Cl)cccc2Cl)c2ccccc12. The summed E-state index contributed by atoms with van der Waals surface area (Å²) in [5, 5.41) is 6.09. The highest BCUT2D eigenvalue weighted by molar-refractivity contribution is 8.18. The van der Waals surface area contributed by atoms with E-state index in [1.807, 2.05) is 66.9 Å². The van der Waals surface area contributed by atoms with E-state index >= 15 is 0 Å². The van der Waals surface area contributed by atoms with Crippen LogP contribution < -0.4 is 5.32 Å². The Morgan fingerprint density at radius 1 is 0.909 bits per heavy atom. The van der Waals surface area contributed by atoms with Crippen molar-refractivity contribution < 1.29 is 4.79 Å². The summed E-state index contributed by atoms with van der Waals surface area (Å²) >= 11 is 20.3. The number of thioether (sulfide) groups is 1. The third-order valence-electron chi connectivity index (χ3n) is 5.22. The third-order valence-corrected chi connectivity index (χ3v) is 7.16. The zero-order valence-corrected chi connectivity index (χ0v) is 20.1. The molecule has 0 unspecified atom stereocenters. The molecule has 2 heterocycles. The van der Waals surface area contributed by atoms with Gasteiger partial charge in [0.05, 0.1) is 22.2 Å². The van der Waals surface area contributed by atoms with Crippen LogP contribution in [0.5, 0.6) is 0 Å². The first-order chi connectivity index (χ1) is 16.0. The second kappa shape index (κ2) is 9.27. The van der Waals surface area contributed by atoms with E-state index in [4.69, 9.17) is 34.8 Å². The number of carbonyl (C=O) groups excluding carboxylic acids is 1. The van der Waals surface area contributed by atoms with E-state index in [-0.39, 0.29) is 5.91 Å². The summed E-state index contributed by atoms with van der Waals surface area (Å²) in [5.74, 6) is -0.197. The van der Waals surface area contributed by atoms with Gasteiger partial charge in [0.1, 0.15) is 0 Å². The number of carbonyl (C=O) groups is 1. The number of rotatable bonds is 4. The molecule has 8 heteroatoms.